The normalized spacial score (nSPS) is 27.3. The number of allylic oxidation sites excluding steroid dienone is 2. The van der Waals surface area contributed by atoms with E-state index < -0.39 is 11.9 Å². The third-order valence-corrected chi connectivity index (χ3v) is 6.52. The van der Waals surface area contributed by atoms with Crippen molar-refractivity contribution in [3.05, 3.63) is 48.0 Å². The average molecular weight is 410 g/mol. The van der Waals surface area contributed by atoms with E-state index >= 15 is 0 Å². The van der Waals surface area contributed by atoms with E-state index in [0.717, 1.165) is 16.9 Å². The first-order valence-electron chi connectivity index (χ1n) is 10.3. The maximum absolute atomic E-state index is 13.2. The number of methoxy groups -OCH3 is 1. The molecule has 0 radical (unpaired) electrons. The lowest BCUT2D eigenvalue weighted by Gasteiger charge is -2.27. The van der Waals surface area contributed by atoms with Crippen LogP contribution in [0.25, 0.3) is 0 Å². The summed E-state index contributed by atoms with van der Waals surface area (Å²) in [5.41, 5.74) is 0.904. The lowest BCUT2D eigenvalue weighted by molar-refractivity contribution is -0.150. The minimum absolute atomic E-state index is 0.108. The number of likely N-dealkylation sites (tertiary alicyclic amines) is 1. The van der Waals surface area contributed by atoms with E-state index in [1.54, 1.807) is 6.92 Å². The zero-order valence-electron chi connectivity index (χ0n) is 17.2. The predicted octanol–water partition coefficient (Wildman–Crippen LogP) is 1.63. The molecule has 2 bridgehead atoms. The van der Waals surface area contributed by atoms with E-state index in [-0.39, 0.29) is 61.0 Å². The van der Waals surface area contributed by atoms with Crippen LogP contribution in [0.3, 0.4) is 0 Å². The van der Waals surface area contributed by atoms with Crippen LogP contribution in [-0.4, -0.2) is 53.7 Å². The van der Waals surface area contributed by atoms with Crippen molar-refractivity contribution in [1.82, 2.24) is 9.80 Å². The highest BCUT2D eigenvalue weighted by Crippen LogP contribution is 2.52. The smallest absolute Gasteiger partial charge is 0.310 e. The molecule has 1 saturated carbocycles. The van der Waals surface area contributed by atoms with Crippen molar-refractivity contribution in [2.45, 2.75) is 19.9 Å². The van der Waals surface area contributed by atoms with Gasteiger partial charge in [-0.05, 0) is 23.8 Å². The third-order valence-electron chi connectivity index (χ3n) is 6.52. The van der Waals surface area contributed by atoms with Crippen LogP contribution < -0.4 is 0 Å². The largest absolute Gasteiger partial charge is 0.469 e. The molecule has 5 unspecified atom stereocenters. The van der Waals surface area contributed by atoms with Crippen LogP contribution >= 0.6 is 0 Å². The summed E-state index contributed by atoms with van der Waals surface area (Å²) in [6.45, 7) is 1.84. The Bertz CT molecular complexity index is 866. The summed E-state index contributed by atoms with van der Waals surface area (Å²) in [5.74, 6) is -2.19. The summed E-state index contributed by atoms with van der Waals surface area (Å²) in [7, 11) is 1.31. The number of hydrogen-bond donors (Lipinski definition) is 0. The van der Waals surface area contributed by atoms with Crippen molar-refractivity contribution < 1.29 is 23.9 Å². The van der Waals surface area contributed by atoms with Crippen molar-refractivity contribution in [3.63, 3.8) is 0 Å². The molecule has 30 heavy (non-hydrogen) atoms. The van der Waals surface area contributed by atoms with Gasteiger partial charge < -0.3 is 9.64 Å². The molecule has 7 nitrogen and oxygen atoms in total. The van der Waals surface area contributed by atoms with Gasteiger partial charge in [-0.15, -0.1) is 0 Å². The molecule has 1 saturated heterocycles. The molecule has 5 atom stereocenters. The van der Waals surface area contributed by atoms with Gasteiger partial charge in [0.1, 0.15) is 6.54 Å². The number of carbonyl (C=O) groups is 4. The Morgan fingerprint density at radius 3 is 2.27 bits per heavy atom. The maximum atomic E-state index is 13.2. The van der Waals surface area contributed by atoms with Crippen LogP contribution in [0.2, 0.25) is 0 Å². The number of benzene rings is 1. The zero-order valence-corrected chi connectivity index (χ0v) is 17.2. The van der Waals surface area contributed by atoms with Gasteiger partial charge in [-0.25, -0.2) is 0 Å². The Kier molecular flexibility index (Phi) is 5.45. The monoisotopic (exact) mass is 410 g/mol. The molecule has 4 rings (SSSR count). The topological polar surface area (TPSA) is 84.0 Å². The van der Waals surface area contributed by atoms with Crippen LogP contribution in [0.4, 0.5) is 0 Å². The summed E-state index contributed by atoms with van der Waals surface area (Å²) < 4.78 is 4.79. The highest BCUT2D eigenvalue weighted by Gasteiger charge is 2.59. The highest BCUT2D eigenvalue weighted by molar-refractivity contribution is 6.08. The first kappa shape index (κ1) is 20.3. The predicted molar refractivity (Wildman–Crippen MR) is 107 cm³/mol. The van der Waals surface area contributed by atoms with Gasteiger partial charge >= 0.3 is 5.97 Å². The van der Waals surface area contributed by atoms with Crippen molar-refractivity contribution in [3.8, 4) is 0 Å². The van der Waals surface area contributed by atoms with Crippen LogP contribution in [-0.2, 0) is 30.5 Å². The lowest BCUT2D eigenvalue weighted by Crippen LogP contribution is -2.45. The maximum Gasteiger partial charge on any atom is 0.310 e. The Balaban J connectivity index is 1.49. The average Bonchev–Trinajstić information content (AvgIpc) is 3.43. The van der Waals surface area contributed by atoms with Gasteiger partial charge in [-0.1, -0.05) is 49.4 Å². The summed E-state index contributed by atoms with van der Waals surface area (Å²) in [5, 5.41) is 0. The first-order valence-corrected chi connectivity index (χ1v) is 10.3. The second kappa shape index (κ2) is 8.05. The Morgan fingerprint density at radius 1 is 1.10 bits per heavy atom. The zero-order chi connectivity index (χ0) is 21.4. The second-order valence-electron chi connectivity index (χ2n) is 8.45. The van der Waals surface area contributed by atoms with E-state index in [1.165, 1.54) is 12.0 Å². The number of amides is 3. The molecule has 1 aromatic carbocycles. The molecule has 1 heterocycles. The van der Waals surface area contributed by atoms with E-state index in [0.29, 0.717) is 0 Å². The molecule has 158 valence electrons. The van der Waals surface area contributed by atoms with Crippen LogP contribution in [0.5, 0.6) is 0 Å². The number of hydrogen-bond acceptors (Lipinski definition) is 5. The number of ether oxygens (including phenoxy) is 1. The molecule has 2 fully saturated rings. The fourth-order valence-electron chi connectivity index (χ4n) is 5.02. The van der Waals surface area contributed by atoms with Crippen LogP contribution in [0, 0.1) is 29.6 Å². The minimum atomic E-state index is -0.521. The quantitative estimate of drug-likeness (QED) is 0.388. The molecular formula is C23H26N2O5. The summed E-state index contributed by atoms with van der Waals surface area (Å²) in [6.07, 6.45) is 4.91. The van der Waals surface area contributed by atoms with E-state index in [9.17, 15) is 19.2 Å². The summed E-state index contributed by atoms with van der Waals surface area (Å²) in [6, 6.07) is 9.42. The molecule has 1 aromatic rings. The fourth-order valence-corrected chi connectivity index (χ4v) is 5.02. The molecule has 0 N–H and O–H groups in total. The van der Waals surface area contributed by atoms with Crippen molar-refractivity contribution in [2.24, 2.45) is 29.6 Å². The molecular weight excluding hydrogens is 384 g/mol. The first-order chi connectivity index (χ1) is 14.4. The van der Waals surface area contributed by atoms with Gasteiger partial charge in [-0.3, -0.25) is 24.1 Å². The van der Waals surface area contributed by atoms with E-state index in [4.69, 9.17) is 4.74 Å². The number of rotatable bonds is 7. The lowest BCUT2D eigenvalue weighted by atomic mass is 9.85. The molecule has 0 spiro atoms. The SMILES string of the molecule is COC(=O)C(C)CN(Cc1ccccc1)C(=O)CN1C(=O)C2C3C=CC(C3)C2C1=O. The number of carbonyl (C=O) groups excluding carboxylic acids is 4. The van der Waals surface area contributed by atoms with E-state index in [2.05, 4.69) is 0 Å². The summed E-state index contributed by atoms with van der Waals surface area (Å²) in [4.78, 5) is 53.5. The fraction of sp³-hybridized carbons (Fsp3) is 0.478. The molecule has 7 heteroatoms. The highest BCUT2D eigenvalue weighted by atomic mass is 16.5. The third kappa shape index (κ3) is 3.53. The number of nitrogens with zero attached hydrogens (tertiary/aromatic N) is 2. The van der Waals surface area contributed by atoms with Crippen molar-refractivity contribution in [2.75, 3.05) is 20.2 Å². The number of esters is 1. The van der Waals surface area contributed by atoms with Crippen molar-refractivity contribution >= 4 is 23.7 Å². The summed E-state index contributed by atoms with van der Waals surface area (Å²) >= 11 is 0. The molecule has 1 aliphatic heterocycles. The minimum Gasteiger partial charge on any atom is -0.469 e. The number of imide groups is 1. The van der Waals surface area contributed by atoms with Gasteiger partial charge in [0, 0.05) is 13.1 Å². The van der Waals surface area contributed by atoms with Gasteiger partial charge in [0.25, 0.3) is 0 Å². The Hall–Kier alpha value is -2.96. The molecule has 2 aliphatic carbocycles. The Labute approximate surface area is 175 Å². The van der Waals surface area contributed by atoms with Gasteiger partial charge in [0.05, 0.1) is 24.9 Å². The van der Waals surface area contributed by atoms with Gasteiger partial charge in [0.2, 0.25) is 17.7 Å². The van der Waals surface area contributed by atoms with Gasteiger partial charge in [-0.2, -0.15) is 0 Å². The second-order valence-corrected chi connectivity index (χ2v) is 8.45. The van der Waals surface area contributed by atoms with Crippen molar-refractivity contribution in [1.29, 1.82) is 0 Å². The standard InChI is InChI=1S/C23H26N2O5/c1-14(23(29)30-2)11-24(12-15-6-4-3-5-7-15)18(26)13-25-21(27)19-16-8-9-17(10-16)20(19)22(25)28/h3-9,14,16-17,19-20H,10-13H2,1-2H3. The molecule has 3 aliphatic rings. The molecule has 0 aromatic heterocycles. The van der Waals surface area contributed by atoms with E-state index in [1.807, 2.05) is 42.5 Å². The molecule has 3 amide bonds. The number of fused-ring (bicyclic) bond motifs is 5. The Morgan fingerprint density at radius 2 is 1.70 bits per heavy atom. The van der Waals surface area contributed by atoms with Crippen LogP contribution in [0.1, 0.15) is 18.9 Å². The van der Waals surface area contributed by atoms with Crippen LogP contribution in [0.15, 0.2) is 42.5 Å². The van der Waals surface area contributed by atoms with Gasteiger partial charge in [0.15, 0.2) is 0 Å².